The van der Waals surface area contributed by atoms with E-state index in [1.807, 2.05) is 24.3 Å². The van der Waals surface area contributed by atoms with Gasteiger partial charge in [-0.3, -0.25) is 0 Å². The summed E-state index contributed by atoms with van der Waals surface area (Å²) in [6.07, 6.45) is 3.37. The second kappa shape index (κ2) is 5.22. The molecule has 0 radical (unpaired) electrons. The molecule has 0 spiro atoms. The van der Waals surface area contributed by atoms with E-state index in [0.29, 0.717) is 5.92 Å². The molecular weight excluding hydrogens is 236 g/mol. The predicted molar refractivity (Wildman–Crippen MR) is 77.4 cm³/mol. The molecule has 1 saturated carbocycles. The highest BCUT2D eigenvalue weighted by molar-refractivity contribution is 5.89. The third-order valence-electron chi connectivity index (χ3n) is 4.05. The molecule has 3 rings (SSSR count). The monoisotopic (exact) mass is 256 g/mol. The lowest BCUT2D eigenvalue weighted by Gasteiger charge is -2.26. The summed E-state index contributed by atoms with van der Waals surface area (Å²) < 4.78 is 6.06. The van der Waals surface area contributed by atoms with Gasteiger partial charge in [0.25, 0.3) is 0 Å². The van der Waals surface area contributed by atoms with Crippen LogP contribution in [0, 0.1) is 5.92 Å². The number of hydrogen-bond acceptors (Lipinski definition) is 2. The zero-order valence-corrected chi connectivity index (χ0v) is 11.3. The Morgan fingerprint density at radius 2 is 2.00 bits per heavy atom. The van der Waals surface area contributed by atoms with Crippen LogP contribution in [0.3, 0.4) is 0 Å². The molecule has 0 bridgehead atoms. The van der Waals surface area contributed by atoms with Crippen molar-refractivity contribution >= 4 is 10.8 Å². The van der Waals surface area contributed by atoms with Crippen molar-refractivity contribution in [2.24, 2.45) is 5.92 Å². The van der Waals surface area contributed by atoms with Crippen LogP contribution in [-0.2, 0) is 0 Å². The molecule has 2 nitrogen and oxygen atoms in total. The van der Waals surface area contributed by atoms with Gasteiger partial charge in [-0.05, 0) is 31.1 Å². The predicted octanol–water partition coefficient (Wildman–Crippen LogP) is 4.07. The average Bonchev–Trinajstić information content (AvgIpc) is 2.36. The van der Waals surface area contributed by atoms with Gasteiger partial charge in [0, 0.05) is 10.9 Å². The first kappa shape index (κ1) is 12.5. The molecule has 1 N–H and O–H groups in total. The quantitative estimate of drug-likeness (QED) is 0.893. The first-order chi connectivity index (χ1) is 9.25. The lowest BCUT2D eigenvalue weighted by atomic mass is 9.86. The molecule has 1 aliphatic carbocycles. The summed E-state index contributed by atoms with van der Waals surface area (Å²) in [6.45, 7) is 2.56. The van der Waals surface area contributed by atoms with E-state index in [-0.39, 0.29) is 0 Å². The Bertz CT molecular complexity index is 570. The second-order valence-electron chi connectivity index (χ2n) is 5.49. The Labute approximate surface area is 114 Å². The topological polar surface area (TPSA) is 29.5 Å². The molecule has 0 aromatic heterocycles. The molecule has 2 aromatic carbocycles. The van der Waals surface area contributed by atoms with E-state index >= 15 is 0 Å². The third kappa shape index (κ3) is 2.45. The van der Waals surface area contributed by atoms with Crippen molar-refractivity contribution in [2.45, 2.75) is 32.3 Å². The molecule has 0 heterocycles. The molecule has 1 fully saturated rings. The summed E-state index contributed by atoms with van der Waals surface area (Å²) in [4.78, 5) is 0. The van der Waals surface area contributed by atoms with E-state index in [1.54, 1.807) is 6.92 Å². The number of rotatable bonds is 4. The number of ether oxygens (including phenoxy) is 1. The molecule has 2 heteroatoms. The number of fused-ring (bicyclic) bond motifs is 1. The summed E-state index contributed by atoms with van der Waals surface area (Å²) in [5.74, 6) is 1.56. The first-order valence-corrected chi connectivity index (χ1v) is 7.08. The second-order valence-corrected chi connectivity index (χ2v) is 5.49. The lowest BCUT2D eigenvalue weighted by molar-refractivity contribution is 0.166. The van der Waals surface area contributed by atoms with Crippen LogP contribution in [0.15, 0.2) is 36.4 Å². The standard InChI is InChI=1S/C17H20O2/c1-12(18)15-10-9-14-7-2-3-8-16(14)17(15)19-11-13-5-4-6-13/h2-3,7-10,12-13,18H,4-6,11H2,1H3/t12-/m0/s1. The highest BCUT2D eigenvalue weighted by Gasteiger charge is 2.20. The minimum Gasteiger partial charge on any atom is -0.492 e. The van der Waals surface area contributed by atoms with E-state index in [9.17, 15) is 5.11 Å². The Kier molecular flexibility index (Phi) is 3.43. The molecule has 100 valence electrons. The Hall–Kier alpha value is -1.54. The maximum Gasteiger partial charge on any atom is 0.132 e. The van der Waals surface area contributed by atoms with Gasteiger partial charge in [-0.25, -0.2) is 0 Å². The van der Waals surface area contributed by atoms with Crippen LogP contribution in [0.25, 0.3) is 10.8 Å². The largest absolute Gasteiger partial charge is 0.492 e. The number of benzene rings is 2. The average molecular weight is 256 g/mol. The van der Waals surface area contributed by atoms with Crippen molar-refractivity contribution in [3.8, 4) is 5.75 Å². The maximum atomic E-state index is 9.92. The number of hydrogen-bond donors (Lipinski definition) is 1. The smallest absolute Gasteiger partial charge is 0.132 e. The van der Waals surface area contributed by atoms with Gasteiger partial charge < -0.3 is 9.84 Å². The highest BCUT2D eigenvalue weighted by atomic mass is 16.5. The SMILES string of the molecule is C[C@H](O)c1ccc2ccccc2c1OCC1CCC1. The zero-order chi connectivity index (χ0) is 13.2. The van der Waals surface area contributed by atoms with Crippen LogP contribution >= 0.6 is 0 Å². The lowest BCUT2D eigenvalue weighted by Crippen LogP contribution is -2.20. The van der Waals surface area contributed by atoms with Gasteiger partial charge in [-0.2, -0.15) is 0 Å². The van der Waals surface area contributed by atoms with E-state index in [1.165, 1.54) is 19.3 Å². The molecule has 2 aromatic rings. The van der Waals surface area contributed by atoms with Gasteiger partial charge in [-0.1, -0.05) is 42.8 Å². The van der Waals surface area contributed by atoms with Crippen LogP contribution in [0.4, 0.5) is 0 Å². The van der Waals surface area contributed by atoms with Gasteiger partial charge in [0.2, 0.25) is 0 Å². The minimum absolute atomic E-state index is 0.499. The Morgan fingerprint density at radius 1 is 1.21 bits per heavy atom. The molecule has 19 heavy (non-hydrogen) atoms. The third-order valence-corrected chi connectivity index (χ3v) is 4.05. The molecule has 0 aliphatic heterocycles. The summed E-state index contributed by atoms with van der Waals surface area (Å²) in [7, 11) is 0. The van der Waals surface area contributed by atoms with Crippen molar-refractivity contribution in [3.63, 3.8) is 0 Å². The van der Waals surface area contributed by atoms with Crippen LogP contribution in [0.2, 0.25) is 0 Å². The summed E-state index contributed by atoms with van der Waals surface area (Å²) in [5.41, 5.74) is 0.887. The molecule has 0 amide bonds. The van der Waals surface area contributed by atoms with Crippen LogP contribution in [0.1, 0.15) is 37.9 Å². The fraction of sp³-hybridized carbons (Fsp3) is 0.412. The summed E-state index contributed by atoms with van der Waals surface area (Å²) in [6, 6.07) is 12.2. The molecule has 0 saturated heterocycles. The zero-order valence-electron chi connectivity index (χ0n) is 11.3. The molecule has 0 unspecified atom stereocenters. The van der Waals surface area contributed by atoms with Crippen molar-refractivity contribution < 1.29 is 9.84 Å². The van der Waals surface area contributed by atoms with Crippen molar-refractivity contribution in [1.29, 1.82) is 0 Å². The Morgan fingerprint density at radius 3 is 2.68 bits per heavy atom. The van der Waals surface area contributed by atoms with Crippen LogP contribution in [0.5, 0.6) is 5.75 Å². The number of aliphatic hydroxyl groups excluding tert-OH is 1. The summed E-state index contributed by atoms with van der Waals surface area (Å²) in [5, 5.41) is 12.2. The normalized spacial score (nSPS) is 17.2. The van der Waals surface area contributed by atoms with Gasteiger partial charge in [0.1, 0.15) is 5.75 Å². The van der Waals surface area contributed by atoms with E-state index in [0.717, 1.165) is 28.7 Å². The van der Waals surface area contributed by atoms with Gasteiger partial charge in [0.05, 0.1) is 12.7 Å². The van der Waals surface area contributed by atoms with Crippen LogP contribution < -0.4 is 4.74 Å². The fourth-order valence-corrected chi connectivity index (χ4v) is 2.61. The maximum absolute atomic E-state index is 9.92. The van der Waals surface area contributed by atoms with Crippen molar-refractivity contribution in [2.75, 3.05) is 6.61 Å². The van der Waals surface area contributed by atoms with E-state index in [2.05, 4.69) is 12.1 Å². The molecular formula is C17H20O2. The van der Waals surface area contributed by atoms with Crippen molar-refractivity contribution in [1.82, 2.24) is 0 Å². The van der Waals surface area contributed by atoms with Gasteiger partial charge >= 0.3 is 0 Å². The van der Waals surface area contributed by atoms with Crippen LogP contribution in [-0.4, -0.2) is 11.7 Å². The first-order valence-electron chi connectivity index (χ1n) is 7.08. The number of aliphatic hydroxyl groups is 1. The minimum atomic E-state index is -0.499. The van der Waals surface area contributed by atoms with E-state index < -0.39 is 6.10 Å². The van der Waals surface area contributed by atoms with Gasteiger partial charge in [0.15, 0.2) is 0 Å². The Balaban J connectivity index is 1.98. The fourth-order valence-electron chi connectivity index (χ4n) is 2.61. The highest BCUT2D eigenvalue weighted by Crippen LogP contribution is 2.35. The van der Waals surface area contributed by atoms with Crippen molar-refractivity contribution in [3.05, 3.63) is 42.0 Å². The molecule has 1 aliphatic rings. The molecule has 1 atom stereocenters. The van der Waals surface area contributed by atoms with Gasteiger partial charge in [-0.15, -0.1) is 0 Å². The van der Waals surface area contributed by atoms with E-state index in [4.69, 9.17) is 4.74 Å². The summed E-state index contributed by atoms with van der Waals surface area (Å²) >= 11 is 0.